The van der Waals surface area contributed by atoms with Crippen molar-refractivity contribution in [2.24, 2.45) is 5.10 Å². The van der Waals surface area contributed by atoms with Gasteiger partial charge in [0, 0.05) is 16.1 Å². The lowest BCUT2D eigenvalue weighted by molar-refractivity contribution is 0.0954. The van der Waals surface area contributed by atoms with E-state index in [0.29, 0.717) is 53.2 Å². The van der Waals surface area contributed by atoms with Gasteiger partial charge >= 0.3 is 0 Å². The maximum atomic E-state index is 12.8. The Kier molecular flexibility index (Phi) is 9.16. The molecule has 6 nitrogen and oxygen atoms in total. The Hall–Kier alpha value is -4.29. The average molecular weight is 515 g/mol. The van der Waals surface area contributed by atoms with Crippen LogP contribution in [0.15, 0.2) is 102 Å². The third-order valence-electron chi connectivity index (χ3n) is 5.32. The van der Waals surface area contributed by atoms with Crippen LogP contribution in [0.25, 0.3) is 0 Å². The normalized spacial score (nSPS) is 10.8. The number of nitrogens with zero attached hydrogens (tertiary/aromatic N) is 1. The van der Waals surface area contributed by atoms with Gasteiger partial charge in [0.05, 0.1) is 12.8 Å². The molecule has 0 spiro atoms. The Bertz CT molecular complexity index is 1340. The van der Waals surface area contributed by atoms with E-state index in [1.807, 2.05) is 67.6 Å². The molecule has 0 atom stereocenters. The molecule has 1 N–H and O–H groups in total. The summed E-state index contributed by atoms with van der Waals surface area (Å²) in [4.78, 5) is 12.8. The summed E-state index contributed by atoms with van der Waals surface area (Å²) in [6, 6.07) is 29.9. The van der Waals surface area contributed by atoms with Crippen LogP contribution in [0.5, 0.6) is 17.2 Å². The van der Waals surface area contributed by atoms with Gasteiger partial charge in [0.15, 0.2) is 11.5 Å². The van der Waals surface area contributed by atoms with Gasteiger partial charge in [-0.15, -0.1) is 0 Å². The van der Waals surface area contributed by atoms with Crippen LogP contribution in [-0.2, 0) is 13.2 Å². The summed E-state index contributed by atoms with van der Waals surface area (Å²) in [7, 11) is 0. The molecule has 0 unspecified atom stereocenters. The quantitative estimate of drug-likeness (QED) is 0.179. The number of benzene rings is 4. The van der Waals surface area contributed by atoms with Crippen LogP contribution in [0.1, 0.15) is 34.0 Å². The molecule has 0 aromatic heterocycles. The van der Waals surface area contributed by atoms with Crippen molar-refractivity contribution in [3.05, 3.63) is 124 Å². The van der Waals surface area contributed by atoms with Crippen molar-refractivity contribution >= 4 is 23.7 Å². The van der Waals surface area contributed by atoms with Gasteiger partial charge < -0.3 is 14.2 Å². The second-order valence-electron chi connectivity index (χ2n) is 8.02. The van der Waals surface area contributed by atoms with Crippen molar-refractivity contribution in [2.75, 3.05) is 6.61 Å². The van der Waals surface area contributed by atoms with Crippen LogP contribution >= 0.6 is 11.6 Å². The lowest BCUT2D eigenvalue weighted by Gasteiger charge is -2.13. The SMILES string of the molecule is CCOc1cc(C(=O)N/N=C/c2cc(Cl)ccc2OCc2ccccc2)ccc1OCc1ccccc1. The number of halogens is 1. The highest BCUT2D eigenvalue weighted by atomic mass is 35.5. The summed E-state index contributed by atoms with van der Waals surface area (Å²) in [6.07, 6.45) is 1.50. The lowest BCUT2D eigenvalue weighted by Crippen LogP contribution is -2.18. The number of ether oxygens (including phenoxy) is 3. The van der Waals surface area contributed by atoms with E-state index in [1.165, 1.54) is 6.21 Å². The molecule has 4 aromatic rings. The van der Waals surface area contributed by atoms with Crippen molar-refractivity contribution in [1.29, 1.82) is 0 Å². The van der Waals surface area contributed by atoms with E-state index in [4.69, 9.17) is 25.8 Å². The Balaban J connectivity index is 1.41. The first kappa shape index (κ1) is 25.8. The number of hydrazone groups is 1. The second-order valence-corrected chi connectivity index (χ2v) is 8.46. The highest BCUT2D eigenvalue weighted by Gasteiger charge is 2.12. The van der Waals surface area contributed by atoms with E-state index in [1.54, 1.807) is 36.4 Å². The van der Waals surface area contributed by atoms with Gasteiger partial charge in [-0.05, 0) is 54.4 Å². The number of hydrogen-bond donors (Lipinski definition) is 1. The molecule has 0 fully saturated rings. The zero-order valence-electron chi connectivity index (χ0n) is 20.4. The van der Waals surface area contributed by atoms with Crippen LogP contribution < -0.4 is 19.6 Å². The molecule has 4 aromatic carbocycles. The zero-order chi connectivity index (χ0) is 25.9. The lowest BCUT2D eigenvalue weighted by atomic mass is 10.2. The number of hydrogen-bond acceptors (Lipinski definition) is 5. The molecule has 0 aliphatic rings. The van der Waals surface area contributed by atoms with E-state index >= 15 is 0 Å². The molecule has 188 valence electrons. The molecule has 0 aliphatic carbocycles. The standard InChI is InChI=1S/C30H27ClN2O4/c1-2-35-29-18-24(13-15-28(29)37-21-23-11-7-4-8-12-23)30(34)33-32-19-25-17-26(31)14-16-27(25)36-20-22-9-5-3-6-10-22/h3-19H,2,20-21H2,1H3,(H,33,34)/b32-19+. The summed E-state index contributed by atoms with van der Waals surface area (Å²) in [5.41, 5.74) is 5.65. The van der Waals surface area contributed by atoms with E-state index in [-0.39, 0.29) is 5.91 Å². The van der Waals surface area contributed by atoms with Crippen molar-refractivity contribution in [2.45, 2.75) is 20.1 Å². The highest BCUT2D eigenvalue weighted by Crippen LogP contribution is 2.29. The van der Waals surface area contributed by atoms with Gasteiger partial charge in [0.1, 0.15) is 19.0 Å². The summed E-state index contributed by atoms with van der Waals surface area (Å²) in [5.74, 6) is 1.26. The number of rotatable bonds is 11. The van der Waals surface area contributed by atoms with E-state index in [9.17, 15) is 4.79 Å². The minimum Gasteiger partial charge on any atom is -0.490 e. The number of carbonyl (C=O) groups excluding carboxylic acids is 1. The minimum atomic E-state index is -0.388. The molecule has 0 radical (unpaired) electrons. The third-order valence-corrected chi connectivity index (χ3v) is 5.56. The number of nitrogens with one attached hydrogen (secondary N) is 1. The smallest absolute Gasteiger partial charge is 0.271 e. The molecule has 0 saturated carbocycles. The summed E-state index contributed by atoms with van der Waals surface area (Å²) >= 11 is 6.17. The summed E-state index contributed by atoms with van der Waals surface area (Å²) in [6.45, 7) is 3.10. The van der Waals surface area contributed by atoms with E-state index < -0.39 is 0 Å². The molecule has 0 bridgehead atoms. The van der Waals surface area contributed by atoms with Gasteiger partial charge in [-0.25, -0.2) is 5.43 Å². The average Bonchev–Trinajstić information content (AvgIpc) is 2.93. The Morgan fingerprint density at radius 3 is 2.05 bits per heavy atom. The predicted molar refractivity (Wildman–Crippen MR) is 146 cm³/mol. The van der Waals surface area contributed by atoms with Gasteiger partial charge in [0.25, 0.3) is 5.91 Å². The monoisotopic (exact) mass is 514 g/mol. The van der Waals surface area contributed by atoms with Crippen molar-refractivity contribution in [1.82, 2.24) is 5.43 Å². The topological polar surface area (TPSA) is 69.2 Å². The largest absolute Gasteiger partial charge is 0.490 e. The fraction of sp³-hybridized carbons (Fsp3) is 0.133. The van der Waals surface area contributed by atoms with Gasteiger partial charge in [-0.2, -0.15) is 5.10 Å². The van der Waals surface area contributed by atoms with E-state index in [2.05, 4.69) is 10.5 Å². The maximum Gasteiger partial charge on any atom is 0.271 e. The van der Waals surface area contributed by atoms with Gasteiger partial charge in [-0.1, -0.05) is 72.3 Å². The van der Waals surface area contributed by atoms with Crippen molar-refractivity contribution in [3.63, 3.8) is 0 Å². The fourth-order valence-electron chi connectivity index (χ4n) is 3.48. The summed E-state index contributed by atoms with van der Waals surface area (Å²) < 4.78 is 17.6. The Morgan fingerprint density at radius 2 is 1.41 bits per heavy atom. The molecule has 37 heavy (non-hydrogen) atoms. The first-order valence-electron chi connectivity index (χ1n) is 11.9. The molecule has 0 heterocycles. The maximum absolute atomic E-state index is 12.8. The van der Waals surface area contributed by atoms with Crippen molar-refractivity contribution < 1.29 is 19.0 Å². The van der Waals surface area contributed by atoms with Crippen LogP contribution in [0.2, 0.25) is 5.02 Å². The molecule has 1 amide bonds. The third kappa shape index (κ3) is 7.59. The molecule has 4 rings (SSSR count). The first-order chi connectivity index (χ1) is 18.1. The number of carbonyl (C=O) groups is 1. The fourth-order valence-corrected chi connectivity index (χ4v) is 3.66. The van der Waals surface area contributed by atoms with E-state index in [0.717, 1.165) is 11.1 Å². The van der Waals surface area contributed by atoms with Gasteiger partial charge in [0.2, 0.25) is 0 Å². The molecular weight excluding hydrogens is 488 g/mol. The van der Waals surface area contributed by atoms with Gasteiger partial charge in [-0.3, -0.25) is 4.79 Å². The minimum absolute atomic E-state index is 0.388. The molecule has 0 saturated heterocycles. The van der Waals surface area contributed by atoms with Crippen molar-refractivity contribution in [3.8, 4) is 17.2 Å². The van der Waals surface area contributed by atoms with Crippen LogP contribution in [0.4, 0.5) is 0 Å². The molecule has 7 heteroatoms. The predicted octanol–water partition coefficient (Wildman–Crippen LogP) is 6.66. The Morgan fingerprint density at radius 1 is 0.784 bits per heavy atom. The van der Waals surface area contributed by atoms with Crippen LogP contribution in [0.3, 0.4) is 0 Å². The Labute approximate surface area is 221 Å². The molecule has 0 aliphatic heterocycles. The van der Waals surface area contributed by atoms with Crippen LogP contribution in [-0.4, -0.2) is 18.7 Å². The first-order valence-corrected chi connectivity index (χ1v) is 12.2. The van der Waals surface area contributed by atoms with Crippen LogP contribution in [0, 0.1) is 0 Å². The summed E-state index contributed by atoms with van der Waals surface area (Å²) in [5, 5.41) is 4.65. The highest BCUT2D eigenvalue weighted by molar-refractivity contribution is 6.30. The number of amides is 1. The molecular formula is C30H27ClN2O4. The second kappa shape index (κ2) is 13.1. The zero-order valence-corrected chi connectivity index (χ0v) is 21.2.